The molecule has 246 valence electrons. The fraction of sp³-hybridized carbons (Fsp3) is 0.419. The molecule has 3 aromatic rings. The summed E-state index contributed by atoms with van der Waals surface area (Å²) in [4.78, 5) is 25.4. The number of halogens is 3. The first-order chi connectivity index (χ1) is 21.9. The highest BCUT2D eigenvalue weighted by molar-refractivity contribution is 7.89. The van der Waals surface area contributed by atoms with E-state index < -0.39 is 15.8 Å². The van der Waals surface area contributed by atoms with Crippen LogP contribution in [0.5, 0.6) is 0 Å². The number of aromatic nitrogens is 2. The van der Waals surface area contributed by atoms with Crippen LogP contribution >= 0.6 is 23.2 Å². The summed E-state index contributed by atoms with van der Waals surface area (Å²) in [6, 6.07) is 9.08. The molecule has 0 unspecified atom stereocenters. The average Bonchev–Trinajstić information content (AvgIpc) is 3.01. The fourth-order valence-electron chi connectivity index (χ4n) is 5.92. The largest absolute Gasteiger partial charge is 0.369 e. The first-order valence-corrected chi connectivity index (χ1v) is 17.3. The Morgan fingerprint density at radius 2 is 1.83 bits per heavy atom. The van der Waals surface area contributed by atoms with E-state index >= 15 is 0 Å². The van der Waals surface area contributed by atoms with Crippen LogP contribution in [0.15, 0.2) is 52.5 Å². The number of nitrogens with two attached hydrogens (primary N) is 2. The molecular formula is C31H37Cl2FN8O3S. The van der Waals surface area contributed by atoms with Crippen molar-refractivity contribution in [3.63, 3.8) is 0 Å². The van der Waals surface area contributed by atoms with Crippen molar-refractivity contribution in [1.82, 2.24) is 14.3 Å². The number of guanidine groups is 1. The van der Waals surface area contributed by atoms with Crippen LogP contribution in [-0.4, -0.2) is 53.7 Å². The van der Waals surface area contributed by atoms with Crippen molar-refractivity contribution >= 4 is 62.4 Å². The second kappa shape index (κ2) is 14.5. The molecule has 5 rings (SSSR count). The third-order valence-corrected chi connectivity index (χ3v) is 10.8. The lowest BCUT2D eigenvalue weighted by Crippen LogP contribution is -2.45. The van der Waals surface area contributed by atoms with Crippen LogP contribution < -0.4 is 22.1 Å². The predicted octanol–water partition coefficient (Wildman–Crippen LogP) is 5.39. The predicted molar refractivity (Wildman–Crippen MR) is 178 cm³/mol. The number of primary amides is 1. The number of nitrogens with zero attached hydrogens (tertiary/aromatic N) is 4. The number of benzene rings is 2. The maximum absolute atomic E-state index is 14.5. The van der Waals surface area contributed by atoms with Gasteiger partial charge < -0.3 is 22.1 Å². The summed E-state index contributed by atoms with van der Waals surface area (Å²) >= 11 is 12.0. The summed E-state index contributed by atoms with van der Waals surface area (Å²) < 4.78 is 42.7. The van der Waals surface area contributed by atoms with Crippen molar-refractivity contribution in [1.29, 1.82) is 0 Å². The van der Waals surface area contributed by atoms with Gasteiger partial charge in [0.05, 0.1) is 27.5 Å². The first-order valence-electron chi connectivity index (χ1n) is 15.1. The second-order valence-corrected chi connectivity index (χ2v) is 14.7. The van der Waals surface area contributed by atoms with Gasteiger partial charge in [-0.3, -0.25) is 4.79 Å². The number of carbonyl (C=O) groups is 1. The summed E-state index contributed by atoms with van der Waals surface area (Å²) in [5.41, 5.74) is 13.6. The van der Waals surface area contributed by atoms with Crippen LogP contribution in [0.1, 0.15) is 49.8 Å². The number of anilines is 2. The average molecular weight is 692 g/mol. The van der Waals surface area contributed by atoms with Crippen LogP contribution in [0.3, 0.4) is 0 Å². The van der Waals surface area contributed by atoms with E-state index in [9.17, 15) is 17.6 Å². The SMILES string of the molecule is Cc1ccc(S(=O)(=O)N2CCC[C@@H](Nc3ncc(NC(N)=Nc4c(F)cc(Cl)cc4Cl)c(CC4CCC(C(N)=O)CC4)n3)C2)cc1. The van der Waals surface area contributed by atoms with E-state index in [4.69, 9.17) is 39.7 Å². The Hall–Kier alpha value is -3.52. The van der Waals surface area contributed by atoms with E-state index in [0.29, 0.717) is 49.6 Å². The molecule has 1 aromatic heterocycles. The van der Waals surface area contributed by atoms with Gasteiger partial charge in [-0.25, -0.2) is 27.8 Å². The third kappa shape index (κ3) is 8.24. The van der Waals surface area contributed by atoms with Gasteiger partial charge in [0.15, 0.2) is 11.8 Å². The van der Waals surface area contributed by atoms with E-state index in [0.717, 1.165) is 30.9 Å². The summed E-state index contributed by atoms with van der Waals surface area (Å²) in [7, 11) is -3.66. The molecule has 1 saturated carbocycles. The van der Waals surface area contributed by atoms with E-state index in [1.54, 1.807) is 30.5 Å². The smallest absolute Gasteiger partial charge is 0.243 e. The van der Waals surface area contributed by atoms with Gasteiger partial charge >= 0.3 is 0 Å². The minimum Gasteiger partial charge on any atom is -0.369 e. The molecular weight excluding hydrogens is 654 g/mol. The van der Waals surface area contributed by atoms with Crippen molar-refractivity contribution in [2.75, 3.05) is 23.7 Å². The minimum absolute atomic E-state index is 0.00269. The highest BCUT2D eigenvalue weighted by Crippen LogP contribution is 2.34. The van der Waals surface area contributed by atoms with Gasteiger partial charge in [-0.1, -0.05) is 40.9 Å². The van der Waals surface area contributed by atoms with Gasteiger partial charge in [0.25, 0.3) is 0 Å². The number of piperidine rings is 1. The number of sulfonamides is 1. The number of carbonyl (C=O) groups excluding carboxylic acids is 1. The van der Waals surface area contributed by atoms with Crippen LogP contribution in [-0.2, 0) is 21.2 Å². The number of nitrogens with one attached hydrogen (secondary N) is 2. The molecule has 1 saturated heterocycles. The molecule has 0 bridgehead atoms. The molecule has 1 aliphatic carbocycles. The lowest BCUT2D eigenvalue weighted by molar-refractivity contribution is -0.122. The molecule has 2 heterocycles. The topological polar surface area (TPSA) is 169 Å². The zero-order chi connectivity index (χ0) is 33.0. The lowest BCUT2D eigenvalue weighted by Gasteiger charge is -2.32. The summed E-state index contributed by atoms with van der Waals surface area (Å²) in [5, 5.41) is 6.44. The number of hydrogen-bond donors (Lipinski definition) is 4. The quantitative estimate of drug-likeness (QED) is 0.171. The molecule has 1 atom stereocenters. The monoisotopic (exact) mass is 690 g/mol. The van der Waals surface area contributed by atoms with Crippen LogP contribution in [0.2, 0.25) is 10.0 Å². The Labute approximate surface area is 278 Å². The fourth-order valence-corrected chi connectivity index (χ4v) is 7.95. The van der Waals surface area contributed by atoms with E-state index in [1.807, 2.05) is 6.92 Å². The molecule has 2 fully saturated rings. The highest BCUT2D eigenvalue weighted by atomic mass is 35.5. The normalized spacial score (nSPS) is 21.1. The highest BCUT2D eigenvalue weighted by Gasteiger charge is 2.31. The van der Waals surface area contributed by atoms with Crippen LogP contribution in [0.25, 0.3) is 0 Å². The maximum atomic E-state index is 14.5. The Morgan fingerprint density at radius 3 is 2.50 bits per heavy atom. The number of aryl methyl sites for hydroxylation is 1. The summed E-state index contributed by atoms with van der Waals surface area (Å²) in [5.74, 6) is -0.704. The standard InChI is InChI=1S/C31H37Cl2FN8O3S/c1-18-4-10-23(11-5-18)46(44,45)42-12-2-3-22(17-42)38-31-37-16-27(26(40-31)13-19-6-8-20(9-7-19)29(35)43)39-30(36)41-28-24(33)14-21(32)15-25(28)34/h4-5,10-11,14-16,19-20,22H,2-3,6-9,12-13,17H2,1H3,(H2,35,43)(H3,36,39,41)(H,37,38,40)/t19?,20?,22-/m1/s1. The van der Waals surface area contributed by atoms with Crippen molar-refractivity contribution < 1.29 is 17.6 Å². The van der Waals surface area contributed by atoms with Crippen LogP contribution in [0.4, 0.5) is 21.7 Å². The number of amides is 1. The van der Waals surface area contributed by atoms with Crippen molar-refractivity contribution in [2.45, 2.75) is 62.8 Å². The van der Waals surface area contributed by atoms with E-state index in [2.05, 4.69) is 20.6 Å². The Bertz CT molecular complexity index is 1690. The molecule has 0 spiro atoms. The molecule has 1 aliphatic heterocycles. The molecule has 15 heteroatoms. The number of aliphatic imine (C=N–C) groups is 1. The van der Waals surface area contributed by atoms with Gasteiger partial charge in [-0.05, 0) is 82.1 Å². The number of hydrogen-bond acceptors (Lipinski definition) is 7. The molecule has 6 N–H and O–H groups in total. The molecule has 46 heavy (non-hydrogen) atoms. The zero-order valence-electron chi connectivity index (χ0n) is 25.3. The number of rotatable bonds is 9. The van der Waals surface area contributed by atoms with E-state index in [1.165, 1.54) is 10.4 Å². The van der Waals surface area contributed by atoms with Gasteiger partial charge in [0, 0.05) is 30.1 Å². The van der Waals surface area contributed by atoms with E-state index in [-0.39, 0.29) is 56.9 Å². The summed E-state index contributed by atoms with van der Waals surface area (Å²) in [6.07, 6.45) is 6.51. The molecule has 2 aromatic carbocycles. The Morgan fingerprint density at radius 1 is 1.11 bits per heavy atom. The summed E-state index contributed by atoms with van der Waals surface area (Å²) in [6.45, 7) is 2.60. The molecule has 1 amide bonds. The Balaban J connectivity index is 1.36. The maximum Gasteiger partial charge on any atom is 0.243 e. The molecule has 2 aliphatic rings. The van der Waals surface area contributed by atoms with Crippen molar-refractivity contribution in [2.24, 2.45) is 28.3 Å². The zero-order valence-corrected chi connectivity index (χ0v) is 27.7. The van der Waals surface area contributed by atoms with Crippen LogP contribution in [0, 0.1) is 24.6 Å². The second-order valence-electron chi connectivity index (χ2n) is 11.9. The van der Waals surface area contributed by atoms with Gasteiger partial charge in [-0.15, -0.1) is 0 Å². The van der Waals surface area contributed by atoms with Gasteiger partial charge in [-0.2, -0.15) is 4.31 Å². The van der Waals surface area contributed by atoms with Crippen molar-refractivity contribution in [3.8, 4) is 0 Å². The third-order valence-electron chi connectivity index (χ3n) is 8.45. The molecule has 11 nitrogen and oxygen atoms in total. The lowest BCUT2D eigenvalue weighted by atomic mass is 9.79. The van der Waals surface area contributed by atoms with Crippen molar-refractivity contribution in [3.05, 3.63) is 69.7 Å². The first kappa shape index (κ1) is 33.8. The van der Waals surface area contributed by atoms with Gasteiger partial charge in [0.2, 0.25) is 21.9 Å². The van der Waals surface area contributed by atoms with Gasteiger partial charge in [0.1, 0.15) is 5.69 Å². The minimum atomic E-state index is -3.66. The Kier molecular flexibility index (Phi) is 10.7. The molecule has 0 radical (unpaired) electrons.